The first kappa shape index (κ1) is 12.9. The zero-order valence-corrected chi connectivity index (χ0v) is 10.9. The minimum atomic E-state index is -0.950. The number of carbonyl (C=O) groups is 1. The quantitative estimate of drug-likeness (QED) is 0.941. The number of aromatic nitrogens is 3. The van der Waals surface area contributed by atoms with Gasteiger partial charge in [-0.25, -0.2) is 4.68 Å². The van der Waals surface area contributed by atoms with Gasteiger partial charge in [-0.2, -0.15) is 0 Å². The molecule has 0 radical (unpaired) electrons. The van der Waals surface area contributed by atoms with E-state index in [0.29, 0.717) is 27.1 Å². The third-order valence-electron chi connectivity index (χ3n) is 2.40. The number of nitrogens with zero attached hydrogens (tertiary/aromatic N) is 3. The fraction of sp³-hybridized carbons (Fsp3) is 0.182. The molecule has 0 amide bonds. The Morgan fingerprint density at radius 1 is 1.33 bits per heavy atom. The van der Waals surface area contributed by atoms with E-state index in [1.54, 1.807) is 25.1 Å². The van der Waals surface area contributed by atoms with Crippen LogP contribution in [0, 0.1) is 6.92 Å². The van der Waals surface area contributed by atoms with Crippen molar-refractivity contribution in [1.82, 2.24) is 15.0 Å². The van der Waals surface area contributed by atoms with Gasteiger partial charge in [-0.3, -0.25) is 4.79 Å². The van der Waals surface area contributed by atoms with Gasteiger partial charge >= 0.3 is 5.97 Å². The number of aliphatic carboxylic acids is 1. The molecule has 0 saturated heterocycles. The fourth-order valence-corrected chi connectivity index (χ4v) is 2.09. The summed E-state index contributed by atoms with van der Waals surface area (Å²) in [6.07, 6.45) is -0.167. The molecule has 7 heteroatoms. The van der Waals surface area contributed by atoms with Gasteiger partial charge in [0.1, 0.15) is 0 Å². The predicted molar refractivity (Wildman–Crippen MR) is 67.5 cm³/mol. The molecule has 0 fully saturated rings. The van der Waals surface area contributed by atoms with Crippen LogP contribution in [0.4, 0.5) is 0 Å². The lowest BCUT2D eigenvalue weighted by Crippen LogP contribution is -2.03. The molecule has 5 nitrogen and oxygen atoms in total. The van der Waals surface area contributed by atoms with E-state index >= 15 is 0 Å². The molecule has 1 aromatic heterocycles. The standard InChI is InChI=1S/C11H9Cl2N3O2/c1-6-10(5-11(17)18)14-15-16(6)9-3-7(12)2-8(13)4-9/h2-4H,5H2,1H3,(H,17,18). The van der Waals surface area contributed by atoms with Crippen LogP contribution in [-0.2, 0) is 11.2 Å². The van der Waals surface area contributed by atoms with Crippen LogP contribution in [0.25, 0.3) is 5.69 Å². The third-order valence-corrected chi connectivity index (χ3v) is 2.84. The maximum Gasteiger partial charge on any atom is 0.309 e. The Labute approximate surface area is 113 Å². The first-order valence-electron chi connectivity index (χ1n) is 5.07. The molecule has 0 aliphatic carbocycles. The first-order chi connectivity index (χ1) is 8.47. The smallest absolute Gasteiger partial charge is 0.309 e. The Balaban J connectivity index is 2.45. The van der Waals surface area contributed by atoms with Gasteiger partial charge < -0.3 is 5.11 Å². The van der Waals surface area contributed by atoms with Crippen molar-refractivity contribution in [2.75, 3.05) is 0 Å². The zero-order chi connectivity index (χ0) is 13.3. The van der Waals surface area contributed by atoms with E-state index in [1.165, 1.54) is 4.68 Å². The van der Waals surface area contributed by atoms with E-state index in [-0.39, 0.29) is 6.42 Å². The summed E-state index contributed by atoms with van der Waals surface area (Å²) in [5, 5.41) is 17.4. The highest BCUT2D eigenvalue weighted by Crippen LogP contribution is 2.22. The molecule has 0 aliphatic rings. The van der Waals surface area contributed by atoms with E-state index in [2.05, 4.69) is 10.3 Å². The summed E-state index contributed by atoms with van der Waals surface area (Å²) in [5.74, 6) is -0.950. The summed E-state index contributed by atoms with van der Waals surface area (Å²) >= 11 is 11.8. The number of hydrogen-bond donors (Lipinski definition) is 1. The van der Waals surface area contributed by atoms with Gasteiger partial charge in [-0.15, -0.1) is 5.10 Å². The van der Waals surface area contributed by atoms with Gasteiger partial charge in [-0.05, 0) is 25.1 Å². The molecule has 94 valence electrons. The lowest BCUT2D eigenvalue weighted by molar-refractivity contribution is -0.136. The topological polar surface area (TPSA) is 68.0 Å². The van der Waals surface area contributed by atoms with Crippen molar-refractivity contribution in [3.8, 4) is 5.69 Å². The maximum absolute atomic E-state index is 10.7. The lowest BCUT2D eigenvalue weighted by Gasteiger charge is -2.04. The van der Waals surface area contributed by atoms with Crippen molar-refractivity contribution in [2.24, 2.45) is 0 Å². The van der Waals surface area contributed by atoms with E-state index in [4.69, 9.17) is 28.3 Å². The summed E-state index contributed by atoms with van der Waals surface area (Å²) < 4.78 is 1.51. The Morgan fingerprint density at radius 3 is 2.50 bits per heavy atom. The molecule has 0 unspecified atom stereocenters. The number of carboxylic acids is 1. The van der Waals surface area contributed by atoms with Crippen LogP contribution in [0.5, 0.6) is 0 Å². The molecule has 1 aromatic carbocycles. The normalized spacial score (nSPS) is 10.6. The molecule has 0 aliphatic heterocycles. The van der Waals surface area contributed by atoms with Crippen molar-refractivity contribution < 1.29 is 9.90 Å². The lowest BCUT2D eigenvalue weighted by atomic mass is 10.2. The highest BCUT2D eigenvalue weighted by molar-refractivity contribution is 6.34. The third kappa shape index (κ3) is 2.63. The molecule has 0 atom stereocenters. The predicted octanol–water partition coefficient (Wildman–Crippen LogP) is 2.51. The second-order valence-electron chi connectivity index (χ2n) is 3.73. The number of rotatable bonds is 3. The van der Waals surface area contributed by atoms with Crippen LogP contribution >= 0.6 is 23.2 Å². The van der Waals surface area contributed by atoms with Gasteiger partial charge in [0.2, 0.25) is 0 Å². The molecule has 1 heterocycles. The van der Waals surface area contributed by atoms with Crippen LogP contribution in [-0.4, -0.2) is 26.1 Å². The second kappa shape index (κ2) is 4.96. The minimum Gasteiger partial charge on any atom is -0.481 e. The molecule has 0 spiro atoms. The van der Waals surface area contributed by atoms with Gasteiger partial charge in [-0.1, -0.05) is 28.4 Å². The van der Waals surface area contributed by atoms with Gasteiger partial charge in [0.05, 0.1) is 23.5 Å². The number of benzene rings is 1. The van der Waals surface area contributed by atoms with E-state index in [1.807, 2.05) is 0 Å². The molecule has 0 saturated carbocycles. The van der Waals surface area contributed by atoms with Crippen molar-refractivity contribution in [3.05, 3.63) is 39.6 Å². The van der Waals surface area contributed by atoms with E-state index < -0.39 is 5.97 Å². The summed E-state index contributed by atoms with van der Waals surface area (Å²) in [6.45, 7) is 1.74. The molecule has 1 N–H and O–H groups in total. The van der Waals surface area contributed by atoms with Crippen molar-refractivity contribution in [1.29, 1.82) is 0 Å². The van der Waals surface area contributed by atoms with Crippen LogP contribution in [0.1, 0.15) is 11.4 Å². The van der Waals surface area contributed by atoms with E-state index in [9.17, 15) is 4.79 Å². The highest BCUT2D eigenvalue weighted by atomic mass is 35.5. The average Bonchev–Trinajstić information content (AvgIpc) is 2.58. The molecule has 0 bridgehead atoms. The highest BCUT2D eigenvalue weighted by Gasteiger charge is 2.13. The fourth-order valence-electron chi connectivity index (χ4n) is 1.57. The van der Waals surface area contributed by atoms with Crippen molar-refractivity contribution in [3.63, 3.8) is 0 Å². The van der Waals surface area contributed by atoms with Crippen molar-refractivity contribution in [2.45, 2.75) is 13.3 Å². The molecule has 18 heavy (non-hydrogen) atoms. The van der Waals surface area contributed by atoms with Crippen LogP contribution in [0.15, 0.2) is 18.2 Å². The van der Waals surface area contributed by atoms with Crippen LogP contribution < -0.4 is 0 Å². The second-order valence-corrected chi connectivity index (χ2v) is 4.60. The van der Waals surface area contributed by atoms with Gasteiger partial charge in [0, 0.05) is 10.0 Å². The Bertz CT molecular complexity index is 590. The van der Waals surface area contributed by atoms with Crippen LogP contribution in [0.3, 0.4) is 0 Å². The van der Waals surface area contributed by atoms with E-state index in [0.717, 1.165) is 0 Å². The summed E-state index contributed by atoms with van der Waals surface area (Å²) in [5.41, 5.74) is 1.71. The average molecular weight is 286 g/mol. The summed E-state index contributed by atoms with van der Waals surface area (Å²) in [6, 6.07) is 4.97. The Kier molecular flexibility index (Phi) is 3.54. The monoisotopic (exact) mass is 285 g/mol. The van der Waals surface area contributed by atoms with Crippen molar-refractivity contribution >= 4 is 29.2 Å². The SMILES string of the molecule is Cc1c(CC(=O)O)nnn1-c1cc(Cl)cc(Cl)c1. The van der Waals surface area contributed by atoms with Gasteiger partial charge in [0.25, 0.3) is 0 Å². The zero-order valence-electron chi connectivity index (χ0n) is 9.39. The summed E-state index contributed by atoms with van der Waals surface area (Å²) in [4.78, 5) is 10.7. The summed E-state index contributed by atoms with van der Waals surface area (Å²) in [7, 11) is 0. The number of hydrogen-bond acceptors (Lipinski definition) is 3. The molecule has 2 rings (SSSR count). The number of carboxylic acid groups (broad SMARTS) is 1. The number of halogens is 2. The minimum absolute atomic E-state index is 0.167. The maximum atomic E-state index is 10.7. The molecule has 2 aromatic rings. The largest absolute Gasteiger partial charge is 0.481 e. The van der Waals surface area contributed by atoms with Gasteiger partial charge in [0.15, 0.2) is 0 Å². The Hall–Kier alpha value is -1.59. The molecular formula is C11H9Cl2N3O2. The molecular weight excluding hydrogens is 277 g/mol. The van der Waals surface area contributed by atoms with Crippen LogP contribution in [0.2, 0.25) is 10.0 Å². The Morgan fingerprint density at radius 2 is 1.94 bits per heavy atom. The first-order valence-corrected chi connectivity index (χ1v) is 5.82.